The Labute approximate surface area is 194 Å². The molecule has 2 aromatic carbocycles. The first-order chi connectivity index (χ1) is 15.9. The molecule has 3 nitrogen and oxygen atoms in total. The maximum atomic E-state index is 15.0. The number of nitrogens with one attached hydrogen (secondary N) is 1. The van der Waals surface area contributed by atoms with E-state index in [4.69, 9.17) is 5.73 Å². The molecule has 1 aliphatic carbocycles. The molecule has 33 heavy (non-hydrogen) atoms. The molecule has 0 fully saturated rings. The predicted octanol–water partition coefficient (Wildman–Crippen LogP) is 5.97. The molecular formula is C28H30F2N2O. The zero-order valence-electron chi connectivity index (χ0n) is 19.1. The highest BCUT2D eigenvalue weighted by atomic mass is 19.1. The van der Waals surface area contributed by atoms with Gasteiger partial charge in [0.05, 0.1) is 5.56 Å². The lowest BCUT2D eigenvalue weighted by Gasteiger charge is -2.15. The number of benzene rings is 2. The summed E-state index contributed by atoms with van der Waals surface area (Å²) >= 11 is 0. The minimum Gasteiger partial charge on any atom is -0.398 e. The third-order valence-electron chi connectivity index (χ3n) is 5.48. The second kappa shape index (κ2) is 11.4. The van der Waals surface area contributed by atoms with Gasteiger partial charge in [-0.15, -0.1) is 0 Å². The SMILES string of the molecule is CC/C=C(/C=C(\N)C1=CCC(F)C=C1)c1c(F)cccc1C(=O)NCCc1ccc(C)cc1. The van der Waals surface area contributed by atoms with Crippen LogP contribution in [0, 0.1) is 12.7 Å². The van der Waals surface area contributed by atoms with Crippen molar-refractivity contribution in [2.45, 2.75) is 39.3 Å². The van der Waals surface area contributed by atoms with Gasteiger partial charge in [-0.1, -0.05) is 61.0 Å². The van der Waals surface area contributed by atoms with Crippen molar-refractivity contribution in [1.82, 2.24) is 5.32 Å². The molecule has 172 valence electrons. The Balaban J connectivity index is 1.83. The summed E-state index contributed by atoms with van der Waals surface area (Å²) in [5.74, 6) is -0.843. The van der Waals surface area contributed by atoms with Gasteiger partial charge < -0.3 is 11.1 Å². The van der Waals surface area contributed by atoms with Crippen LogP contribution in [-0.4, -0.2) is 18.6 Å². The number of nitrogens with two attached hydrogens (primary N) is 1. The first-order valence-electron chi connectivity index (χ1n) is 11.2. The fourth-order valence-electron chi connectivity index (χ4n) is 3.69. The van der Waals surface area contributed by atoms with Gasteiger partial charge in [0.15, 0.2) is 0 Å². The van der Waals surface area contributed by atoms with Gasteiger partial charge in [-0.25, -0.2) is 8.78 Å². The van der Waals surface area contributed by atoms with Gasteiger partial charge in [0, 0.05) is 24.2 Å². The van der Waals surface area contributed by atoms with Crippen molar-refractivity contribution in [3.8, 4) is 0 Å². The van der Waals surface area contributed by atoms with Crippen molar-refractivity contribution in [3.63, 3.8) is 0 Å². The van der Waals surface area contributed by atoms with E-state index in [2.05, 4.69) is 5.32 Å². The number of hydrogen-bond donors (Lipinski definition) is 2. The number of amides is 1. The summed E-state index contributed by atoms with van der Waals surface area (Å²) in [4.78, 5) is 13.0. The quantitative estimate of drug-likeness (QED) is 0.489. The Morgan fingerprint density at radius 1 is 1.21 bits per heavy atom. The summed E-state index contributed by atoms with van der Waals surface area (Å²) < 4.78 is 28.4. The van der Waals surface area contributed by atoms with E-state index in [-0.39, 0.29) is 23.5 Å². The van der Waals surface area contributed by atoms with Gasteiger partial charge in [0.25, 0.3) is 5.91 Å². The van der Waals surface area contributed by atoms with Crippen LogP contribution in [0.5, 0.6) is 0 Å². The second-order valence-electron chi connectivity index (χ2n) is 8.09. The fourth-order valence-corrected chi connectivity index (χ4v) is 3.69. The van der Waals surface area contributed by atoms with E-state index < -0.39 is 12.0 Å². The minimum absolute atomic E-state index is 0.207. The molecule has 0 bridgehead atoms. The molecule has 1 aliphatic rings. The summed E-state index contributed by atoms with van der Waals surface area (Å²) in [5, 5.41) is 2.90. The molecule has 1 unspecified atom stereocenters. The van der Waals surface area contributed by atoms with E-state index in [1.165, 1.54) is 23.8 Å². The lowest BCUT2D eigenvalue weighted by molar-refractivity contribution is 0.0953. The Morgan fingerprint density at radius 2 is 1.97 bits per heavy atom. The minimum atomic E-state index is -1.02. The first-order valence-corrected chi connectivity index (χ1v) is 11.2. The first kappa shape index (κ1) is 24.2. The van der Waals surface area contributed by atoms with Gasteiger partial charge in [0.1, 0.15) is 12.0 Å². The number of halogens is 2. The molecule has 5 heteroatoms. The maximum Gasteiger partial charge on any atom is 0.252 e. The van der Waals surface area contributed by atoms with E-state index in [1.807, 2.05) is 44.2 Å². The molecule has 3 rings (SSSR count). The molecule has 0 spiro atoms. The number of rotatable bonds is 8. The number of hydrogen-bond acceptors (Lipinski definition) is 2. The predicted molar refractivity (Wildman–Crippen MR) is 131 cm³/mol. The average molecular weight is 449 g/mol. The highest BCUT2D eigenvalue weighted by Gasteiger charge is 2.18. The lowest BCUT2D eigenvalue weighted by Crippen LogP contribution is -2.27. The van der Waals surface area contributed by atoms with Crippen LogP contribution >= 0.6 is 0 Å². The molecule has 0 saturated heterocycles. The van der Waals surface area contributed by atoms with Crippen LogP contribution in [0.3, 0.4) is 0 Å². The van der Waals surface area contributed by atoms with Crippen LogP contribution in [0.1, 0.15) is 46.8 Å². The monoisotopic (exact) mass is 448 g/mol. The smallest absolute Gasteiger partial charge is 0.252 e. The van der Waals surface area contributed by atoms with E-state index in [9.17, 15) is 13.6 Å². The average Bonchev–Trinajstić information content (AvgIpc) is 2.80. The van der Waals surface area contributed by atoms with E-state index >= 15 is 0 Å². The fraction of sp³-hybridized carbons (Fsp3) is 0.250. The summed E-state index contributed by atoms with van der Waals surface area (Å²) in [7, 11) is 0. The number of aryl methyl sites for hydroxylation is 1. The third kappa shape index (κ3) is 6.51. The van der Waals surface area contributed by atoms with E-state index in [1.54, 1.807) is 24.3 Å². The molecule has 0 heterocycles. The largest absolute Gasteiger partial charge is 0.398 e. The Morgan fingerprint density at radius 3 is 2.64 bits per heavy atom. The molecule has 1 amide bonds. The van der Waals surface area contributed by atoms with Gasteiger partial charge in [0.2, 0.25) is 0 Å². The van der Waals surface area contributed by atoms with Crippen molar-refractivity contribution in [3.05, 3.63) is 112 Å². The Kier molecular flexibility index (Phi) is 8.36. The van der Waals surface area contributed by atoms with Crippen molar-refractivity contribution in [2.24, 2.45) is 5.73 Å². The zero-order valence-corrected chi connectivity index (χ0v) is 19.1. The summed E-state index contributed by atoms with van der Waals surface area (Å²) in [6.07, 6.45) is 8.83. The van der Waals surface area contributed by atoms with Crippen molar-refractivity contribution in [2.75, 3.05) is 6.54 Å². The van der Waals surface area contributed by atoms with Crippen LogP contribution < -0.4 is 11.1 Å². The topological polar surface area (TPSA) is 55.1 Å². The van der Waals surface area contributed by atoms with Gasteiger partial charge >= 0.3 is 0 Å². The Bertz CT molecular complexity index is 1110. The number of carbonyl (C=O) groups is 1. The third-order valence-corrected chi connectivity index (χ3v) is 5.48. The zero-order chi connectivity index (χ0) is 23.8. The number of alkyl halides is 1. The molecule has 2 aromatic rings. The highest BCUT2D eigenvalue weighted by Crippen LogP contribution is 2.27. The maximum absolute atomic E-state index is 15.0. The van der Waals surface area contributed by atoms with Crippen LogP contribution in [0.15, 0.2) is 84.1 Å². The molecule has 0 aromatic heterocycles. The van der Waals surface area contributed by atoms with Crippen molar-refractivity contribution >= 4 is 11.5 Å². The normalized spacial score (nSPS) is 16.5. The van der Waals surface area contributed by atoms with Crippen LogP contribution in [0.2, 0.25) is 0 Å². The summed E-state index contributed by atoms with van der Waals surface area (Å²) in [6.45, 7) is 4.39. The van der Waals surface area contributed by atoms with Gasteiger partial charge in [-0.05, 0) is 60.8 Å². The van der Waals surface area contributed by atoms with E-state index in [0.29, 0.717) is 36.2 Å². The van der Waals surface area contributed by atoms with Crippen LogP contribution in [0.25, 0.3) is 5.57 Å². The molecule has 3 N–H and O–H groups in total. The van der Waals surface area contributed by atoms with E-state index in [0.717, 1.165) is 5.56 Å². The Hall–Kier alpha value is -3.47. The van der Waals surface area contributed by atoms with Gasteiger partial charge in [-0.3, -0.25) is 4.79 Å². The lowest BCUT2D eigenvalue weighted by atomic mass is 9.94. The molecule has 0 saturated carbocycles. The van der Waals surface area contributed by atoms with Crippen molar-refractivity contribution < 1.29 is 13.6 Å². The van der Waals surface area contributed by atoms with Crippen LogP contribution in [0.4, 0.5) is 8.78 Å². The van der Waals surface area contributed by atoms with Crippen molar-refractivity contribution in [1.29, 1.82) is 0 Å². The van der Waals surface area contributed by atoms with Crippen LogP contribution in [-0.2, 0) is 6.42 Å². The highest BCUT2D eigenvalue weighted by molar-refractivity contribution is 6.00. The summed E-state index contributed by atoms with van der Waals surface area (Å²) in [6, 6.07) is 12.6. The molecule has 1 atom stereocenters. The number of carbonyl (C=O) groups excluding carboxylic acids is 1. The standard InChI is InChI=1S/C28H30F2N2O/c1-3-5-22(18-26(31)21-12-14-23(29)15-13-21)27-24(6-4-7-25(27)30)28(33)32-17-16-20-10-8-19(2)9-11-20/h4-14,18,23H,3,15-17,31H2,1-2H3,(H,32,33)/b22-5-,26-18-. The summed E-state index contributed by atoms with van der Waals surface area (Å²) in [5.41, 5.74) is 10.6. The number of allylic oxidation sites excluding steroid dienone is 6. The van der Waals surface area contributed by atoms with Gasteiger partial charge in [-0.2, -0.15) is 0 Å². The molecule has 0 aliphatic heterocycles. The molecule has 0 radical (unpaired) electrons. The second-order valence-corrected chi connectivity index (χ2v) is 8.09. The molecular weight excluding hydrogens is 418 g/mol.